The summed E-state index contributed by atoms with van der Waals surface area (Å²) in [6, 6.07) is 8.72. The standard InChI is InChI=1S/C17H23N3OS/c1-4-18-17-20-16(11-22-17)15-9-7-14(8-10-15)6-5-12(2)19-13(3)21/h7-12H,4-6H2,1-3H3,(H,18,20)(H,19,21)/t12-/m0/s1. The van der Waals surface area contributed by atoms with Crippen LogP contribution in [0.5, 0.6) is 0 Å². The molecule has 0 radical (unpaired) electrons. The fourth-order valence-electron chi connectivity index (χ4n) is 2.28. The van der Waals surface area contributed by atoms with Gasteiger partial charge in [-0.1, -0.05) is 24.3 Å². The van der Waals surface area contributed by atoms with E-state index in [-0.39, 0.29) is 11.9 Å². The number of carbonyl (C=O) groups excluding carboxylic acids is 1. The van der Waals surface area contributed by atoms with E-state index in [0.29, 0.717) is 0 Å². The Morgan fingerprint density at radius 3 is 2.68 bits per heavy atom. The molecule has 1 heterocycles. The lowest BCUT2D eigenvalue weighted by Crippen LogP contribution is -2.30. The number of nitrogens with one attached hydrogen (secondary N) is 2. The monoisotopic (exact) mass is 317 g/mol. The summed E-state index contributed by atoms with van der Waals surface area (Å²) in [5.41, 5.74) is 3.43. The topological polar surface area (TPSA) is 54.0 Å². The highest BCUT2D eigenvalue weighted by atomic mass is 32.1. The number of hydrogen-bond donors (Lipinski definition) is 2. The third-order valence-electron chi connectivity index (χ3n) is 3.40. The third-order valence-corrected chi connectivity index (χ3v) is 4.20. The first-order valence-electron chi connectivity index (χ1n) is 7.64. The van der Waals surface area contributed by atoms with Gasteiger partial charge in [-0.05, 0) is 32.3 Å². The quantitative estimate of drug-likeness (QED) is 0.818. The van der Waals surface area contributed by atoms with Crippen LogP contribution < -0.4 is 10.6 Å². The van der Waals surface area contributed by atoms with Crippen LogP contribution in [0, 0.1) is 0 Å². The highest BCUT2D eigenvalue weighted by molar-refractivity contribution is 7.14. The molecule has 2 rings (SSSR count). The molecule has 0 fully saturated rings. The van der Waals surface area contributed by atoms with Gasteiger partial charge >= 0.3 is 0 Å². The van der Waals surface area contributed by atoms with Gasteiger partial charge in [0.1, 0.15) is 0 Å². The predicted molar refractivity (Wildman–Crippen MR) is 93.3 cm³/mol. The summed E-state index contributed by atoms with van der Waals surface area (Å²) >= 11 is 1.63. The van der Waals surface area contributed by atoms with E-state index in [1.807, 2.05) is 6.92 Å². The smallest absolute Gasteiger partial charge is 0.217 e. The second-order valence-corrected chi connectivity index (χ2v) is 6.26. The molecule has 1 aromatic carbocycles. The number of hydrogen-bond acceptors (Lipinski definition) is 4. The zero-order valence-corrected chi connectivity index (χ0v) is 14.2. The minimum atomic E-state index is 0.0304. The van der Waals surface area contributed by atoms with Crippen molar-refractivity contribution in [2.45, 2.75) is 39.7 Å². The van der Waals surface area contributed by atoms with E-state index < -0.39 is 0 Å². The van der Waals surface area contributed by atoms with Crippen molar-refractivity contribution in [1.82, 2.24) is 10.3 Å². The van der Waals surface area contributed by atoms with Crippen molar-refractivity contribution in [3.05, 3.63) is 35.2 Å². The molecule has 0 unspecified atom stereocenters. The first-order valence-corrected chi connectivity index (χ1v) is 8.52. The minimum Gasteiger partial charge on any atom is -0.362 e. The molecule has 0 aliphatic carbocycles. The molecule has 0 aliphatic heterocycles. The number of anilines is 1. The Morgan fingerprint density at radius 1 is 1.32 bits per heavy atom. The molecular formula is C17H23N3OS. The Kier molecular flexibility index (Phi) is 5.95. The first-order chi connectivity index (χ1) is 10.6. The second kappa shape index (κ2) is 7.94. The summed E-state index contributed by atoms with van der Waals surface area (Å²) < 4.78 is 0. The van der Waals surface area contributed by atoms with Gasteiger partial charge < -0.3 is 10.6 Å². The average molecular weight is 317 g/mol. The summed E-state index contributed by atoms with van der Waals surface area (Å²) in [4.78, 5) is 15.6. The van der Waals surface area contributed by atoms with Crippen LogP contribution in [0.15, 0.2) is 29.6 Å². The van der Waals surface area contributed by atoms with E-state index in [9.17, 15) is 4.79 Å². The van der Waals surface area contributed by atoms with E-state index >= 15 is 0 Å². The largest absolute Gasteiger partial charge is 0.362 e. The van der Waals surface area contributed by atoms with Gasteiger partial charge in [0.2, 0.25) is 5.91 Å². The molecule has 0 spiro atoms. The van der Waals surface area contributed by atoms with Crippen LogP contribution in [0.25, 0.3) is 11.3 Å². The Morgan fingerprint density at radius 2 is 2.05 bits per heavy atom. The molecule has 0 bridgehead atoms. The van der Waals surface area contributed by atoms with E-state index in [1.54, 1.807) is 18.3 Å². The van der Waals surface area contributed by atoms with Crippen LogP contribution in [-0.4, -0.2) is 23.5 Å². The summed E-state index contributed by atoms with van der Waals surface area (Å²) in [5, 5.41) is 9.18. The number of amides is 1. The fraction of sp³-hybridized carbons (Fsp3) is 0.412. The van der Waals surface area contributed by atoms with E-state index in [4.69, 9.17) is 0 Å². The van der Waals surface area contributed by atoms with Crippen LogP contribution >= 0.6 is 11.3 Å². The molecule has 22 heavy (non-hydrogen) atoms. The Balaban J connectivity index is 1.93. The lowest BCUT2D eigenvalue weighted by molar-refractivity contribution is -0.119. The van der Waals surface area contributed by atoms with Crippen LogP contribution in [0.4, 0.5) is 5.13 Å². The van der Waals surface area contributed by atoms with Crippen molar-refractivity contribution in [3.63, 3.8) is 0 Å². The molecule has 5 heteroatoms. The molecule has 118 valence electrons. The Bertz CT molecular complexity index is 607. The number of carbonyl (C=O) groups is 1. The van der Waals surface area contributed by atoms with Crippen LogP contribution in [-0.2, 0) is 11.2 Å². The van der Waals surface area contributed by atoms with Gasteiger partial charge in [-0.3, -0.25) is 4.79 Å². The summed E-state index contributed by atoms with van der Waals surface area (Å²) in [6.45, 7) is 6.55. The maximum Gasteiger partial charge on any atom is 0.217 e. The van der Waals surface area contributed by atoms with Crippen LogP contribution in [0.3, 0.4) is 0 Å². The van der Waals surface area contributed by atoms with Gasteiger partial charge in [0.15, 0.2) is 5.13 Å². The highest BCUT2D eigenvalue weighted by Crippen LogP contribution is 2.25. The van der Waals surface area contributed by atoms with E-state index in [0.717, 1.165) is 35.8 Å². The molecule has 1 aromatic heterocycles. The number of nitrogens with zero attached hydrogens (tertiary/aromatic N) is 1. The van der Waals surface area contributed by atoms with Crippen molar-refractivity contribution in [3.8, 4) is 11.3 Å². The van der Waals surface area contributed by atoms with Gasteiger partial charge in [0, 0.05) is 30.5 Å². The van der Waals surface area contributed by atoms with E-state index in [2.05, 4.69) is 52.2 Å². The molecule has 4 nitrogen and oxygen atoms in total. The summed E-state index contributed by atoms with van der Waals surface area (Å²) in [5.74, 6) is 0.0304. The normalized spacial score (nSPS) is 12.0. The van der Waals surface area contributed by atoms with Crippen molar-refractivity contribution in [2.24, 2.45) is 0 Å². The van der Waals surface area contributed by atoms with Crippen molar-refractivity contribution in [1.29, 1.82) is 0 Å². The van der Waals surface area contributed by atoms with Crippen LogP contribution in [0.1, 0.15) is 32.8 Å². The maximum absolute atomic E-state index is 11.0. The molecule has 0 aliphatic rings. The molecule has 0 saturated carbocycles. The number of rotatable bonds is 7. The fourth-order valence-corrected chi connectivity index (χ4v) is 3.07. The number of aryl methyl sites for hydroxylation is 1. The zero-order chi connectivity index (χ0) is 15.9. The Labute approximate surface area is 136 Å². The summed E-state index contributed by atoms with van der Waals surface area (Å²) in [7, 11) is 0. The minimum absolute atomic E-state index is 0.0304. The number of thiazole rings is 1. The molecule has 2 aromatic rings. The van der Waals surface area contributed by atoms with Gasteiger partial charge in [-0.25, -0.2) is 4.98 Å². The van der Waals surface area contributed by atoms with Crippen LogP contribution in [0.2, 0.25) is 0 Å². The van der Waals surface area contributed by atoms with Crippen molar-refractivity contribution < 1.29 is 4.79 Å². The molecule has 0 saturated heterocycles. The molecule has 2 N–H and O–H groups in total. The third kappa shape index (κ3) is 4.84. The first kappa shape index (κ1) is 16.5. The lowest BCUT2D eigenvalue weighted by atomic mass is 10.0. The number of aromatic nitrogens is 1. The predicted octanol–water partition coefficient (Wildman–Crippen LogP) is 3.70. The summed E-state index contributed by atoms with van der Waals surface area (Å²) in [6.07, 6.45) is 1.90. The van der Waals surface area contributed by atoms with Gasteiger partial charge in [-0.15, -0.1) is 11.3 Å². The lowest BCUT2D eigenvalue weighted by Gasteiger charge is -2.12. The molecule has 1 atom stereocenters. The molecule has 1 amide bonds. The van der Waals surface area contributed by atoms with Crippen molar-refractivity contribution in [2.75, 3.05) is 11.9 Å². The Hall–Kier alpha value is -1.88. The number of benzene rings is 1. The average Bonchev–Trinajstić information content (AvgIpc) is 2.94. The highest BCUT2D eigenvalue weighted by Gasteiger charge is 2.06. The van der Waals surface area contributed by atoms with Gasteiger partial charge in [0.25, 0.3) is 0 Å². The van der Waals surface area contributed by atoms with E-state index in [1.165, 1.54) is 5.56 Å². The second-order valence-electron chi connectivity index (χ2n) is 5.41. The molecular weight excluding hydrogens is 294 g/mol. The maximum atomic E-state index is 11.0. The SMILES string of the molecule is CCNc1nc(-c2ccc(CC[C@H](C)NC(C)=O)cc2)cs1. The van der Waals surface area contributed by atoms with Gasteiger partial charge in [-0.2, -0.15) is 0 Å². The zero-order valence-electron chi connectivity index (χ0n) is 13.3. The van der Waals surface area contributed by atoms with Gasteiger partial charge in [0.05, 0.1) is 5.69 Å². The van der Waals surface area contributed by atoms with Crippen molar-refractivity contribution >= 4 is 22.4 Å².